The van der Waals surface area contributed by atoms with E-state index in [-0.39, 0.29) is 0 Å². The molecule has 6 nitrogen and oxygen atoms in total. The molecular weight excluding hydrogens is 348 g/mol. The van der Waals surface area contributed by atoms with Gasteiger partial charge >= 0.3 is 0 Å². The second-order valence-corrected chi connectivity index (χ2v) is 7.02. The first-order valence-corrected chi connectivity index (χ1v) is 9.57. The Morgan fingerprint density at radius 3 is 2.93 bits per heavy atom. The number of hydrogen-bond acceptors (Lipinski definition) is 5. The van der Waals surface area contributed by atoms with Crippen molar-refractivity contribution in [2.75, 3.05) is 38.0 Å². The van der Waals surface area contributed by atoms with E-state index in [1.165, 1.54) is 5.39 Å². The standard InChI is InChI=1S/C22H24N6/c1-16-19-6-7-26-21(19)5-4-20(16)27-22-17(14-25-15-18(22)13-23)3-2-10-28-11-8-24-9-12-28/h2-7,14-15,24,26H,8-12H2,1H3,(H,25,27)/b3-2+. The number of fused-ring (bicyclic) bond motifs is 1. The Bertz CT molecular complexity index is 1040. The van der Waals surface area contributed by atoms with Crippen molar-refractivity contribution in [3.05, 3.63) is 59.6 Å². The number of piperazine rings is 1. The lowest BCUT2D eigenvalue weighted by Crippen LogP contribution is -2.43. The SMILES string of the molecule is Cc1c(Nc2c(C#N)cncc2/C=C/CN2CCNCC2)ccc2[nH]ccc12. The minimum atomic E-state index is 0.540. The van der Waals surface area contributed by atoms with Gasteiger partial charge in [-0.05, 0) is 30.7 Å². The summed E-state index contributed by atoms with van der Waals surface area (Å²) in [5.74, 6) is 0. The molecule has 1 aliphatic rings. The van der Waals surface area contributed by atoms with E-state index < -0.39 is 0 Å². The summed E-state index contributed by atoms with van der Waals surface area (Å²) >= 11 is 0. The second kappa shape index (κ2) is 8.26. The maximum absolute atomic E-state index is 9.58. The highest BCUT2D eigenvalue weighted by atomic mass is 15.2. The Labute approximate surface area is 164 Å². The number of hydrogen-bond donors (Lipinski definition) is 3. The van der Waals surface area contributed by atoms with Crippen molar-refractivity contribution in [2.24, 2.45) is 0 Å². The van der Waals surface area contributed by atoms with Gasteiger partial charge in [0.15, 0.2) is 0 Å². The van der Waals surface area contributed by atoms with Crippen molar-refractivity contribution in [1.29, 1.82) is 5.26 Å². The summed E-state index contributed by atoms with van der Waals surface area (Å²) in [6, 6.07) is 8.43. The first-order chi connectivity index (χ1) is 13.8. The summed E-state index contributed by atoms with van der Waals surface area (Å²) in [4.78, 5) is 9.89. The van der Waals surface area contributed by atoms with Gasteiger partial charge in [0, 0.05) is 73.5 Å². The molecule has 0 saturated carbocycles. The molecule has 4 rings (SSSR count). The molecule has 6 heteroatoms. The average Bonchev–Trinajstić information content (AvgIpc) is 3.21. The number of nitrogens with one attached hydrogen (secondary N) is 3. The monoisotopic (exact) mass is 372 g/mol. The van der Waals surface area contributed by atoms with E-state index in [1.54, 1.807) is 6.20 Å². The quantitative estimate of drug-likeness (QED) is 0.640. The molecule has 3 aromatic rings. The summed E-state index contributed by atoms with van der Waals surface area (Å²) in [7, 11) is 0. The van der Waals surface area contributed by atoms with Gasteiger partial charge in [0.2, 0.25) is 0 Å². The van der Waals surface area contributed by atoms with Crippen LogP contribution in [0, 0.1) is 18.3 Å². The molecule has 0 bridgehead atoms. The molecule has 0 spiro atoms. The van der Waals surface area contributed by atoms with E-state index in [0.29, 0.717) is 5.56 Å². The Kier molecular flexibility index (Phi) is 5.38. The van der Waals surface area contributed by atoms with Crippen LogP contribution in [0.1, 0.15) is 16.7 Å². The Morgan fingerprint density at radius 2 is 2.11 bits per heavy atom. The summed E-state index contributed by atoms with van der Waals surface area (Å²) in [6.45, 7) is 7.17. The van der Waals surface area contributed by atoms with E-state index in [0.717, 1.165) is 60.7 Å². The van der Waals surface area contributed by atoms with Crippen LogP contribution in [0.2, 0.25) is 0 Å². The van der Waals surface area contributed by atoms with Gasteiger partial charge in [-0.25, -0.2) is 0 Å². The van der Waals surface area contributed by atoms with Crippen molar-refractivity contribution < 1.29 is 0 Å². The van der Waals surface area contributed by atoms with Crippen LogP contribution in [0.25, 0.3) is 17.0 Å². The number of aromatic amines is 1. The van der Waals surface area contributed by atoms with Crippen LogP contribution >= 0.6 is 0 Å². The van der Waals surface area contributed by atoms with Crippen LogP contribution < -0.4 is 10.6 Å². The lowest BCUT2D eigenvalue weighted by molar-refractivity contribution is 0.265. The minimum absolute atomic E-state index is 0.540. The number of nitrogens with zero attached hydrogens (tertiary/aromatic N) is 3. The predicted octanol–water partition coefficient (Wildman–Crippen LogP) is 3.41. The fraction of sp³-hybridized carbons (Fsp3) is 0.273. The Morgan fingerprint density at radius 1 is 1.25 bits per heavy atom. The zero-order valence-corrected chi connectivity index (χ0v) is 16.0. The zero-order valence-electron chi connectivity index (χ0n) is 16.0. The van der Waals surface area contributed by atoms with E-state index in [2.05, 4.69) is 62.8 Å². The molecule has 0 amide bonds. The number of nitriles is 1. The lowest BCUT2D eigenvalue weighted by Gasteiger charge is -2.25. The van der Waals surface area contributed by atoms with Gasteiger partial charge in [-0.2, -0.15) is 5.26 Å². The fourth-order valence-electron chi connectivity index (χ4n) is 3.60. The van der Waals surface area contributed by atoms with Crippen molar-refractivity contribution >= 4 is 28.4 Å². The molecule has 0 atom stereocenters. The first kappa shape index (κ1) is 18.2. The van der Waals surface area contributed by atoms with Gasteiger partial charge in [0.25, 0.3) is 0 Å². The maximum Gasteiger partial charge on any atom is 0.103 e. The third kappa shape index (κ3) is 3.77. The summed E-state index contributed by atoms with van der Waals surface area (Å²) in [5, 5.41) is 17.6. The smallest absolute Gasteiger partial charge is 0.103 e. The molecule has 2 aromatic heterocycles. The molecule has 3 N–H and O–H groups in total. The molecule has 1 aromatic carbocycles. The Hall–Kier alpha value is -3.14. The summed E-state index contributed by atoms with van der Waals surface area (Å²) in [6.07, 6.45) is 9.57. The average molecular weight is 372 g/mol. The number of anilines is 2. The number of H-pyrrole nitrogens is 1. The van der Waals surface area contributed by atoms with Crippen LogP contribution in [0.5, 0.6) is 0 Å². The largest absolute Gasteiger partial charge is 0.361 e. The van der Waals surface area contributed by atoms with Crippen LogP contribution in [-0.4, -0.2) is 47.6 Å². The molecule has 0 unspecified atom stereocenters. The molecule has 28 heavy (non-hydrogen) atoms. The highest BCUT2D eigenvalue weighted by Crippen LogP contribution is 2.30. The van der Waals surface area contributed by atoms with Crippen molar-refractivity contribution in [3.8, 4) is 6.07 Å². The van der Waals surface area contributed by atoms with Crippen LogP contribution in [0.3, 0.4) is 0 Å². The summed E-state index contributed by atoms with van der Waals surface area (Å²) in [5.41, 5.74) is 5.50. The van der Waals surface area contributed by atoms with Crippen LogP contribution in [0.4, 0.5) is 11.4 Å². The van der Waals surface area contributed by atoms with Gasteiger partial charge in [-0.15, -0.1) is 0 Å². The van der Waals surface area contributed by atoms with Gasteiger partial charge in [0.1, 0.15) is 6.07 Å². The number of benzene rings is 1. The van der Waals surface area contributed by atoms with E-state index in [9.17, 15) is 5.26 Å². The van der Waals surface area contributed by atoms with Gasteiger partial charge in [-0.1, -0.05) is 12.2 Å². The predicted molar refractivity (Wildman–Crippen MR) is 114 cm³/mol. The van der Waals surface area contributed by atoms with Crippen molar-refractivity contribution in [3.63, 3.8) is 0 Å². The molecule has 1 aliphatic heterocycles. The molecule has 0 radical (unpaired) electrons. The number of pyridine rings is 1. The normalized spacial score (nSPS) is 15.1. The van der Waals surface area contributed by atoms with E-state index >= 15 is 0 Å². The highest BCUT2D eigenvalue weighted by molar-refractivity contribution is 5.89. The fourth-order valence-corrected chi connectivity index (χ4v) is 3.60. The molecule has 3 heterocycles. The van der Waals surface area contributed by atoms with Crippen LogP contribution in [0.15, 0.2) is 42.9 Å². The third-order valence-electron chi connectivity index (χ3n) is 5.23. The van der Waals surface area contributed by atoms with Crippen molar-refractivity contribution in [2.45, 2.75) is 6.92 Å². The minimum Gasteiger partial charge on any atom is -0.361 e. The Balaban J connectivity index is 1.61. The summed E-state index contributed by atoms with van der Waals surface area (Å²) < 4.78 is 0. The zero-order chi connectivity index (χ0) is 19.3. The van der Waals surface area contributed by atoms with Gasteiger partial charge in [0.05, 0.1) is 11.3 Å². The number of rotatable bonds is 5. The topological polar surface area (TPSA) is 79.8 Å². The van der Waals surface area contributed by atoms with Gasteiger partial charge in [-0.3, -0.25) is 9.88 Å². The van der Waals surface area contributed by atoms with E-state index in [1.807, 2.05) is 18.5 Å². The van der Waals surface area contributed by atoms with Crippen molar-refractivity contribution in [1.82, 2.24) is 20.2 Å². The van der Waals surface area contributed by atoms with E-state index in [4.69, 9.17) is 0 Å². The van der Waals surface area contributed by atoms with Crippen LogP contribution in [-0.2, 0) is 0 Å². The molecule has 1 fully saturated rings. The first-order valence-electron chi connectivity index (χ1n) is 9.57. The molecular formula is C22H24N6. The lowest BCUT2D eigenvalue weighted by atomic mass is 10.1. The molecule has 1 saturated heterocycles. The maximum atomic E-state index is 9.58. The van der Waals surface area contributed by atoms with Gasteiger partial charge < -0.3 is 15.6 Å². The highest BCUT2D eigenvalue weighted by Gasteiger charge is 2.11. The third-order valence-corrected chi connectivity index (χ3v) is 5.23. The second-order valence-electron chi connectivity index (χ2n) is 7.02. The molecule has 142 valence electrons. The number of aromatic nitrogens is 2. The molecule has 0 aliphatic carbocycles. The number of aryl methyl sites for hydroxylation is 1.